The van der Waals surface area contributed by atoms with Crippen LogP contribution in [0.3, 0.4) is 0 Å². The Labute approximate surface area is 117 Å². The first-order valence-corrected chi connectivity index (χ1v) is 7.22. The summed E-state index contributed by atoms with van der Waals surface area (Å²) < 4.78 is 1.16. The average Bonchev–Trinajstić information content (AvgIpc) is 2.71. The van der Waals surface area contributed by atoms with Crippen molar-refractivity contribution in [3.63, 3.8) is 0 Å². The number of carboxylic acids is 1. The number of hydrogen-bond acceptors (Lipinski definition) is 3. The van der Waals surface area contributed by atoms with Crippen LogP contribution in [0.15, 0.2) is 18.2 Å². The van der Waals surface area contributed by atoms with Crippen molar-refractivity contribution in [1.82, 2.24) is 4.98 Å². The van der Waals surface area contributed by atoms with E-state index < -0.39 is 5.97 Å². The highest BCUT2D eigenvalue weighted by atomic mass is 32.1. The van der Waals surface area contributed by atoms with E-state index in [4.69, 9.17) is 5.11 Å². The van der Waals surface area contributed by atoms with Gasteiger partial charge in [-0.15, -0.1) is 11.3 Å². The zero-order chi connectivity index (χ0) is 14.2. The van der Waals surface area contributed by atoms with E-state index in [2.05, 4.69) is 25.8 Å². The quantitative estimate of drug-likeness (QED) is 0.927. The Hall–Kier alpha value is -1.42. The molecule has 0 aliphatic heterocycles. The van der Waals surface area contributed by atoms with Crippen molar-refractivity contribution in [3.8, 4) is 0 Å². The van der Waals surface area contributed by atoms with Gasteiger partial charge in [-0.25, -0.2) is 4.98 Å². The van der Waals surface area contributed by atoms with Crippen LogP contribution in [0.2, 0.25) is 0 Å². The molecule has 0 aliphatic carbocycles. The zero-order valence-electron chi connectivity index (χ0n) is 11.7. The molecule has 19 heavy (non-hydrogen) atoms. The van der Waals surface area contributed by atoms with Gasteiger partial charge in [0.25, 0.3) is 0 Å². The Balaban J connectivity index is 2.33. The van der Waals surface area contributed by atoms with Gasteiger partial charge < -0.3 is 5.11 Å². The van der Waals surface area contributed by atoms with Crippen molar-refractivity contribution in [3.05, 3.63) is 28.8 Å². The van der Waals surface area contributed by atoms with Crippen LogP contribution in [-0.4, -0.2) is 16.1 Å². The van der Waals surface area contributed by atoms with Gasteiger partial charge in [-0.3, -0.25) is 4.79 Å². The summed E-state index contributed by atoms with van der Waals surface area (Å²) in [5.74, 6) is -1.12. The van der Waals surface area contributed by atoms with E-state index in [9.17, 15) is 4.79 Å². The van der Waals surface area contributed by atoms with Gasteiger partial charge >= 0.3 is 5.97 Å². The molecule has 1 N–H and O–H groups in total. The van der Waals surface area contributed by atoms with Crippen molar-refractivity contribution >= 4 is 27.5 Å². The van der Waals surface area contributed by atoms with E-state index in [1.54, 1.807) is 18.3 Å². The summed E-state index contributed by atoms with van der Waals surface area (Å²) >= 11 is 1.71. The number of rotatable bonds is 3. The number of carboxylic acid groups (broad SMARTS) is 1. The van der Waals surface area contributed by atoms with E-state index in [1.165, 1.54) is 0 Å². The molecule has 1 heterocycles. The fraction of sp³-hybridized carbons (Fsp3) is 0.467. The molecule has 0 aliphatic rings. The maximum Gasteiger partial charge on any atom is 0.306 e. The molecule has 0 radical (unpaired) electrons. The van der Waals surface area contributed by atoms with Crippen LogP contribution in [0.5, 0.6) is 0 Å². The number of benzene rings is 1. The van der Waals surface area contributed by atoms with Crippen LogP contribution in [-0.2, 0) is 16.6 Å². The van der Waals surface area contributed by atoms with Crippen LogP contribution in [0.4, 0.5) is 0 Å². The Morgan fingerprint density at radius 2 is 2.11 bits per heavy atom. The van der Waals surface area contributed by atoms with Crippen LogP contribution < -0.4 is 0 Å². The molecule has 1 atom stereocenters. The smallest absolute Gasteiger partial charge is 0.306 e. The van der Waals surface area contributed by atoms with Crippen molar-refractivity contribution in [2.45, 2.75) is 39.5 Å². The van der Waals surface area contributed by atoms with E-state index >= 15 is 0 Å². The zero-order valence-corrected chi connectivity index (χ0v) is 12.5. The van der Waals surface area contributed by atoms with Gasteiger partial charge in [0.2, 0.25) is 0 Å². The van der Waals surface area contributed by atoms with Gasteiger partial charge in [0.05, 0.1) is 21.1 Å². The molecule has 3 nitrogen and oxygen atoms in total. The van der Waals surface area contributed by atoms with Crippen LogP contribution in [0.1, 0.15) is 38.3 Å². The Bertz CT molecular complexity index is 610. The topological polar surface area (TPSA) is 50.2 Å². The predicted molar refractivity (Wildman–Crippen MR) is 78.8 cm³/mol. The first-order valence-electron chi connectivity index (χ1n) is 6.40. The molecule has 1 unspecified atom stereocenters. The largest absolute Gasteiger partial charge is 0.481 e. The molecule has 0 bridgehead atoms. The maximum absolute atomic E-state index is 10.9. The molecular weight excluding hydrogens is 258 g/mol. The fourth-order valence-electron chi connectivity index (χ4n) is 1.86. The molecule has 102 valence electrons. The summed E-state index contributed by atoms with van der Waals surface area (Å²) in [7, 11) is 0. The lowest BCUT2D eigenvalue weighted by Gasteiger charge is -2.13. The van der Waals surface area contributed by atoms with Gasteiger partial charge in [0, 0.05) is 5.41 Å². The number of aromatic nitrogens is 1. The number of nitrogens with zero attached hydrogens (tertiary/aromatic N) is 1. The minimum atomic E-state index is -0.756. The molecule has 0 spiro atoms. The van der Waals surface area contributed by atoms with Crippen molar-refractivity contribution < 1.29 is 9.90 Å². The summed E-state index contributed by atoms with van der Waals surface area (Å²) in [5, 5.41) is 10.1. The molecular formula is C15H19NO2S. The molecule has 0 saturated carbocycles. The number of aliphatic carboxylic acids is 1. The number of carbonyl (C=O) groups is 1. The summed E-state index contributed by atoms with van der Waals surface area (Å²) in [6.45, 7) is 8.18. The normalized spacial score (nSPS) is 13.7. The van der Waals surface area contributed by atoms with E-state index in [-0.39, 0.29) is 11.3 Å². The number of thiazole rings is 1. The van der Waals surface area contributed by atoms with Gasteiger partial charge in [-0.05, 0) is 24.1 Å². The molecule has 2 aromatic rings. The highest BCUT2D eigenvalue weighted by Crippen LogP contribution is 2.31. The van der Waals surface area contributed by atoms with Gasteiger partial charge in [0.1, 0.15) is 0 Å². The lowest BCUT2D eigenvalue weighted by Crippen LogP contribution is -2.12. The predicted octanol–water partition coefficient (Wildman–Crippen LogP) is 3.86. The number of hydrogen-bond donors (Lipinski definition) is 1. The molecule has 1 aromatic heterocycles. The third-order valence-electron chi connectivity index (χ3n) is 3.06. The minimum Gasteiger partial charge on any atom is -0.481 e. The minimum absolute atomic E-state index is 0.0538. The lowest BCUT2D eigenvalue weighted by atomic mass is 9.98. The van der Waals surface area contributed by atoms with Crippen LogP contribution >= 0.6 is 11.3 Å². The fourth-order valence-corrected chi connectivity index (χ4v) is 2.87. The van der Waals surface area contributed by atoms with Crippen LogP contribution in [0.25, 0.3) is 10.2 Å². The SMILES string of the molecule is CC(Cc1ccc2sc(C(C)(C)C)nc2c1)C(=O)O. The Morgan fingerprint density at radius 3 is 2.68 bits per heavy atom. The first-order chi connectivity index (χ1) is 8.77. The van der Waals surface area contributed by atoms with Crippen molar-refractivity contribution in [2.75, 3.05) is 0 Å². The van der Waals surface area contributed by atoms with Gasteiger partial charge in [0.15, 0.2) is 0 Å². The second-order valence-electron chi connectivity index (χ2n) is 6.01. The van der Waals surface area contributed by atoms with Gasteiger partial charge in [-0.2, -0.15) is 0 Å². The monoisotopic (exact) mass is 277 g/mol. The highest BCUT2D eigenvalue weighted by Gasteiger charge is 2.19. The molecule has 4 heteroatoms. The third-order valence-corrected chi connectivity index (χ3v) is 4.52. The molecule has 0 fully saturated rings. The summed E-state index contributed by atoms with van der Waals surface area (Å²) in [4.78, 5) is 15.6. The highest BCUT2D eigenvalue weighted by molar-refractivity contribution is 7.18. The Morgan fingerprint density at radius 1 is 1.42 bits per heavy atom. The molecule has 2 rings (SSSR count). The van der Waals surface area contributed by atoms with Crippen LogP contribution in [0, 0.1) is 5.92 Å². The first kappa shape index (κ1) is 14.0. The average molecular weight is 277 g/mol. The molecule has 1 aromatic carbocycles. The Kier molecular flexibility index (Phi) is 3.63. The number of fused-ring (bicyclic) bond motifs is 1. The summed E-state index contributed by atoms with van der Waals surface area (Å²) in [6, 6.07) is 6.07. The second kappa shape index (κ2) is 4.93. The van der Waals surface area contributed by atoms with E-state index in [0.29, 0.717) is 6.42 Å². The second-order valence-corrected chi connectivity index (χ2v) is 7.05. The third kappa shape index (κ3) is 3.13. The standard InChI is InChI=1S/C15H19NO2S/c1-9(13(17)18)7-10-5-6-12-11(8-10)16-14(19-12)15(2,3)4/h5-6,8-9H,7H2,1-4H3,(H,17,18). The van der Waals surface area contributed by atoms with E-state index in [0.717, 1.165) is 20.8 Å². The van der Waals surface area contributed by atoms with Crippen molar-refractivity contribution in [2.24, 2.45) is 5.92 Å². The maximum atomic E-state index is 10.9. The van der Waals surface area contributed by atoms with Gasteiger partial charge in [-0.1, -0.05) is 33.8 Å². The lowest BCUT2D eigenvalue weighted by molar-refractivity contribution is -0.141. The summed E-state index contributed by atoms with van der Waals surface area (Å²) in [6.07, 6.45) is 0.549. The summed E-state index contributed by atoms with van der Waals surface area (Å²) in [5.41, 5.74) is 2.07. The van der Waals surface area contributed by atoms with E-state index in [1.807, 2.05) is 18.2 Å². The molecule has 0 amide bonds. The molecule has 0 saturated heterocycles. The van der Waals surface area contributed by atoms with Crippen molar-refractivity contribution in [1.29, 1.82) is 0 Å².